The standard InChI is InChI=1S/C17H15ClN4O2/c18-11-5-7-12(8-6-11)22-16(9-13(23)10-20-19)21-15-4-2-1-3-14(15)17(22)24/h1-8,20H,9-10,19H2. The summed E-state index contributed by atoms with van der Waals surface area (Å²) in [7, 11) is 0. The van der Waals surface area contributed by atoms with E-state index in [9.17, 15) is 9.59 Å². The summed E-state index contributed by atoms with van der Waals surface area (Å²) >= 11 is 5.92. The van der Waals surface area contributed by atoms with Crippen molar-refractivity contribution < 1.29 is 4.79 Å². The molecule has 0 radical (unpaired) electrons. The number of aromatic nitrogens is 2. The summed E-state index contributed by atoms with van der Waals surface area (Å²) in [5, 5.41) is 1.05. The Morgan fingerprint density at radius 1 is 1.17 bits per heavy atom. The van der Waals surface area contributed by atoms with Gasteiger partial charge in [-0.3, -0.25) is 25.4 Å². The number of carbonyl (C=O) groups is 1. The second-order valence-electron chi connectivity index (χ2n) is 5.26. The van der Waals surface area contributed by atoms with Gasteiger partial charge in [-0.25, -0.2) is 4.98 Å². The molecule has 0 aliphatic heterocycles. The number of Topliss-reactive ketones (excluding diaryl/α,β-unsaturated/α-hetero) is 1. The SMILES string of the molecule is NNCC(=O)Cc1nc2ccccc2c(=O)n1-c1ccc(Cl)cc1. The second kappa shape index (κ2) is 6.92. The molecule has 3 N–H and O–H groups in total. The lowest BCUT2D eigenvalue weighted by Crippen LogP contribution is -2.32. The van der Waals surface area contributed by atoms with E-state index in [4.69, 9.17) is 17.4 Å². The zero-order chi connectivity index (χ0) is 17.1. The van der Waals surface area contributed by atoms with Gasteiger partial charge in [0.15, 0.2) is 5.78 Å². The highest BCUT2D eigenvalue weighted by molar-refractivity contribution is 6.30. The highest BCUT2D eigenvalue weighted by atomic mass is 35.5. The number of nitrogens with one attached hydrogen (secondary N) is 1. The summed E-state index contributed by atoms with van der Waals surface area (Å²) in [6.07, 6.45) is -0.00704. The third kappa shape index (κ3) is 3.21. The zero-order valence-corrected chi connectivity index (χ0v) is 13.5. The fourth-order valence-corrected chi connectivity index (χ4v) is 2.63. The summed E-state index contributed by atoms with van der Waals surface area (Å²) in [5.74, 6) is 5.39. The Balaban J connectivity index is 2.23. The molecule has 1 aromatic heterocycles. The van der Waals surface area contributed by atoms with Crippen LogP contribution in [-0.2, 0) is 11.2 Å². The smallest absolute Gasteiger partial charge is 0.265 e. The molecule has 3 rings (SSSR count). The van der Waals surface area contributed by atoms with Gasteiger partial charge in [-0.15, -0.1) is 0 Å². The van der Waals surface area contributed by atoms with E-state index in [1.165, 1.54) is 4.57 Å². The second-order valence-corrected chi connectivity index (χ2v) is 5.69. The molecule has 0 bridgehead atoms. The molecule has 0 spiro atoms. The van der Waals surface area contributed by atoms with Crippen molar-refractivity contribution in [3.05, 3.63) is 69.7 Å². The highest BCUT2D eigenvalue weighted by Crippen LogP contribution is 2.16. The van der Waals surface area contributed by atoms with E-state index in [-0.39, 0.29) is 24.3 Å². The number of rotatable bonds is 5. The van der Waals surface area contributed by atoms with E-state index in [0.29, 0.717) is 27.4 Å². The van der Waals surface area contributed by atoms with Crippen LogP contribution in [-0.4, -0.2) is 21.9 Å². The average Bonchev–Trinajstić information content (AvgIpc) is 2.57. The van der Waals surface area contributed by atoms with Gasteiger partial charge in [0.25, 0.3) is 5.56 Å². The monoisotopic (exact) mass is 342 g/mol. The Hall–Kier alpha value is -2.54. The van der Waals surface area contributed by atoms with Gasteiger partial charge in [0, 0.05) is 5.02 Å². The van der Waals surface area contributed by atoms with Crippen LogP contribution in [0.4, 0.5) is 0 Å². The number of para-hydroxylation sites is 1. The van der Waals surface area contributed by atoms with Gasteiger partial charge in [-0.1, -0.05) is 23.7 Å². The number of hydrazine groups is 1. The number of halogens is 1. The number of ketones is 1. The van der Waals surface area contributed by atoms with Crippen LogP contribution in [0.1, 0.15) is 5.82 Å². The van der Waals surface area contributed by atoms with Crippen LogP contribution >= 0.6 is 11.6 Å². The molecule has 24 heavy (non-hydrogen) atoms. The largest absolute Gasteiger partial charge is 0.298 e. The first-order valence-corrected chi connectivity index (χ1v) is 7.69. The maximum atomic E-state index is 12.9. The van der Waals surface area contributed by atoms with Gasteiger partial charge in [-0.05, 0) is 36.4 Å². The van der Waals surface area contributed by atoms with E-state index in [2.05, 4.69) is 10.4 Å². The fraction of sp³-hybridized carbons (Fsp3) is 0.118. The number of benzene rings is 2. The molecule has 0 aliphatic carbocycles. The average molecular weight is 343 g/mol. The summed E-state index contributed by atoms with van der Waals surface area (Å²) in [5.41, 5.74) is 3.25. The Kier molecular flexibility index (Phi) is 4.71. The van der Waals surface area contributed by atoms with Gasteiger partial charge < -0.3 is 0 Å². The lowest BCUT2D eigenvalue weighted by atomic mass is 10.2. The van der Waals surface area contributed by atoms with Crippen molar-refractivity contribution in [1.82, 2.24) is 15.0 Å². The molecule has 0 saturated carbocycles. The fourth-order valence-electron chi connectivity index (χ4n) is 2.51. The van der Waals surface area contributed by atoms with Crippen molar-refractivity contribution in [2.45, 2.75) is 6.42 Å². The van der Waals surface area contributed by atoms with Crippen LogP contribution in [0.5, 0.6) is 0 Å². The Bertz CT molecular complexity index is 951. The summed E-state index contributed by atoms with van der Waals surface area (Å²) in [6.45, 7) is 0.00329. The van der Waals surface area contributed by atoms with E-state index in [1.54, 1.807) is 48.5 Å². The molecular formula is C17H15ClN4O2. The Morgan fingerprint density at radius 2 is 1.88 bits per heavy atom. The molecule has 0 amide bonds. The zero-order valence-electron chi connectivity index (χ0n) is 12.7. The number of nitrogens with two attached hydrogens (primary N) is 1. The molecule has 6 nitrogen and oxygen atoms in total. The number of nitrogens with zero attached hydrogens (tertiary/aromatic N) is 2. The topological polar surface area (TPSA) is 90.0 Å². The van der Waals surface area contributed by atoms with Crippen molar-refractivity contribution in [2.24, 2.45) is 5.84 Å². The molecule has 7 heteroatoms. The van der Waals surface area contributed by atoms with Crippen molar-refractivity contribution in [3.8, 4) is 5.69 Å². The first-order valence-electron chi connectivity index (χ1n) is 7.32. The van der Waals surface area contributed by atoms with Crippen LogP contribution in [0.3, 0.4) is 0 Å². The van der Waals surface area contributed by atoms with Crippen LogP contribution in [0.25, 0.3) is 16.6 Å². The van der Waals surface area contributed by atoms with Crippen molar-refractivity contribution in [3.63, 3.8) is 0 Å². The quantitative estimate of drug-likeness (QED) is 0.543. The molecule has 0 aliphatic rings. The maximum absolute atomic E-state index is 12.9. The number of hydrogen-bond donors (Lipinski definition) is 2. The molecule has 3 aromatic rings. The van der Waals surface area contributed by atoms with E-state index < -0.39 is 0 Å². The molecular weight excluding hydrogens is 328 g/mol. The van der Waals surface area contributed by atoms with E-state index in [0.717, 1.165) is 0 Å². The van der Waals surface area contributed by atoms with Crippen LogP contribution < -0.4 is 16.8 Å². The molecule has 0 fully saturated rings. The Morgan fingerprint density at radius 3 is 2.58 bits per heavy atom. The lowest BCUT2D eigenvalue weighted by molar-refractivity contribution is -0.117. The van der Waals surface area contributed by atoms with Crippen LogP contribution in [0.15, 0.2) is 53.3 Å². The molecule has 122 valence electrons. The third-order valence-electron chi connectivity index (χ3n) is 3.58. The number of carbonyl (C=O) groups excluding carboxylic acids is 1. The van der Waals surface area contributed by atoms with E-state index >= 15 is 0 Å². The van der Waals surface area contributed by atoms with Crippen molar-refractivity contribution >= 4 is 28.3 Å². The number of hydrogen-bond acceptors (Lipinski definition) is 5. The highest BCUT2D eigenvalue weighted by Gasteiger charge is 2.15. The molecule has 0 atom stereocenters. The summed E-state index contributed by atoms with van der Waals surface area (Å²) < 4.78 is 1.44. The lowest BCUT2D eigenvalue weighted by Gasteiger charge is -2.13. The van der Waals surface area contributed by atoms with Crippen LogP contribution in [0.2, 0.25) is 5.02 Å². The maximum Gasteiger partial charge on any atom is 0.265 e. The van der Waals surface area contributed by atoms with Gasteiger partial charge in [0.1, 0.15) is 5.82 Å². The third-order valence-corrected chi connectivity index (χ3v) is 3.84. The Labute approximate surface area is 142 Å². The van der Waals surface area contributed by atoms with Crippen molar-refractivity contribution in [1.29, 1.82) is 0 Å². The summed E-state index contributed by atoms with van der Waals surface area (Å²) in [6, 6.07) is 13.8. The van der Waals surface area contributed by atoms with Gasteiger partial charge in [0.05, 0.1) is 29.6 Å². The minimum Gasteiger partial charge on any atom is -0.298 e. The van der Waals surface area contributed by atoms with Crippen molar-refractivity contribution in [2.75, 3.05) is 6.54 Å². The first-order chi connectivity index (χ1) is 11.6. The minimum absolute atomic E-state index is 0.00329. The predicted octanol–water partition coefficient (Wildman–Crippen LogP) is 1.61. The number of fused-ring (bicyclic) bond motifs is 1. The molecule has 2 aromatic carbocycles. The first kappa shape index (κ1) is 16.3. The predicted molar refractivity (Wildman–Crippen MR) is 93.3 cm³/mol. The normalized spacial score (nSPS) is 10.9. The molecule has 0 unspecified atom stereocenters. The molecule has 0 saturated heterocycles. The van der Waals surface area contributed by atoms with Crippen LogP contribution in [0, 0.1) is 0 Å². The van der Waals surface area contributed by atoms with Gasteiger partial charge >= 0.3 is 0 Å². The van der Waals surface area contributed by atoms with Gasteiger partial charge in [-0.2, -0.15) is 0 Å². The molecule has 1 heterocycles. The van der Waals surface area contributed by atoms with Gasteiger partial charge in [0.2, 0.25) is 0 Å². The van der Waals surface area contributed by atoms with E-state index in [1.807, 2.05) is 0 Å². The summed E-state index contributed by atoms with van der Waals surface area (Å²) in [4.78, 5) is 29.4. The minimum atomic E-state index is -0.230.